The van der Waals surface area contributed by atoms with Gasteiger partial charge in [0.15, 0.2) is 0 Å². The van der Waals surface area contributed by atoms with Gasteiger partial charge in [0.2, 0.25) is 0 Å². The molecule has 0 N–H and O–H groups in total. The Bertz CT molecular complexity index is 973. The van der Waals surface area contributed by atoms with Crippen LogP contribution in [0.15, 0.2) is 84.0 Å². The standard InChI is InChI=1S/C22H20NO3P/c1-25-18-13-14-21-17(16-18)12-15-22(21)23-26-27(24,19-8-4-2-5-9-19)20-10-6-3-7-11-20/h2-11,13-14,16H,12,15H2,1H3/b23-22+. The molecule has 27 heavy (non-hydrogen) atoms. The molecule has 0 atom stereocenters. The Morgan fingerprint density at radius 3 is 2.07 bits per heavy atom. The van der Waals surface area contributed by atoms with Crippen molar-refractivity contribution in [1.29, 1.82) is 0 Å². The van der Waals surface area contributed by atoms with E-state index in [1.54, 1.807) is 7.11 Å². The summed E-state index contributed by atoms with van der Waals surface area (Å²) in [6, 6.07) is 24.4. The minimum Gasteiger partial charge on any atom is -0.497 e. The van der Waals surface area contributed by atoms with Gasteiger partial charge in [0, 0.05) is 5.56 Å². The Labute approximate surface area is 158 Å². The Morgan fingerprint density at radius 2 is 1.48 bits per heavy atom. The predicted octanol–water partition coefficient (Wildman–Crippen LogP) is 4.29. The number of methoxy groups -OCH3 is 1. The molecule has 0 fully saturated rings. The molecule has 4 rings (SSSR count). The van der Waals surface area contributed by atoms with E-state index in [0.29, 0.717) is 10.6 Å². The monoisotopic (exact) mass is 377 g/mol. The fourth-order valence-electron chi connectivity index (χ4n) is 3.27. The number of rotatable bonds is 5. The second kappa shape index (κ2) is 7.42. The fourth-order valence-corrected chi connectivity index (χ4v) is 5.10. The molecule has 0 saturated carbocycles. The maximum atomic E-state index is 13.8. The predicted molar refractivity (Wildman–Crippen MR) is 109 cm³/mol. The second-order valence-electron chi connectivity index (χ2n) is 6.37. The van der Waals surface area contributed by atoms with Gasteiger partial charge < -0.3 is 9.36 Å². The van der Waals surface area contributed by atoms with Crippen LogP contribution in [0, 0.1) is 0 Å². The Kier molecular flexibility index (Phi) is 4.83. The topological polar surface area (TPSA) is 47.9 Å². The van der Waals surface area contributed by atoms with Crippen molar-refractivity contribution in [2.24, 2.45) is 5.16 Å². The summed E-state index contributed by atoms with van der Waals surface area (Å²) < 4.78 is 24.9. The molecule has 0 bridgehead atoms. The molecule has 1 aliphatic carbocycles. The average Bonchev–Trinajstić information content (AvgIpc) is 3.15. The molecule has 5 heteroatoms. The zero-order valence-electron chi connectivity index (χ0n) is 15.0. The minimum absolute atomic E-state index is 0.633. The molecule has 136 valence electrons. The first-order valence-corrected chi connectivity index (χ1v) is 10.5. The van der Waals surface area contributed by atoms with Gasteiger partial charge in [-0.15, -0.1) is 0 Å². The Hall–Kier alpha value is -2.84. The lowest BCUT2D eigenvalue weighted by molar-refractivity contribution is 0.348. The van der Waals surface area contributed by atoms with Gasteiger partial charge in [-0.3, -0.25) is 4.57 Å². The van der Waals surface area contributed by atoms with Crippen LogP contribution in [0.3, 0.4) is 0 Å². The van der Waals surface area contributed by atoms with Gasteiger partial charge in [0.1, 0.15) is 5.75 Å². The summed E-state index contributed by atoms with van der Waals surface area (Å²) in [6.45, 7) is 0. The second-order valence-corrected chi connectivity index (χ2v) is 8.66. The summed E-state index contributed by atoms with van der Waals surface area (Å²) in [6.07, 6.45) is 1.63. The van der Waals surface area contributed by atoms with Crippen molar-refractivity contribution >= 4 is 23.7 Å². The number of fused-ring (bicyclic) bond motifs is 1. The molecule has 0 saturated heterocycles. The molecule has 0 radical (unpaired) electrons. The Morgan fingerprint density at radius 1 is 0.852 bits per heavy atom. The minimum atomic E-state index is -3.32. The lowest BCUT2D eigenvalue weighted by Gasteiger charge is -2.17. The van der Waals surface area contributed by atoms with Gasteiger partial charge in [-0.2, -0.15) is 0 Å². The molecule has 0 aromatic heterocycles. The van der Waals surface area contributed by atoms with Crippen molar-refractivity contribution in [1.82, 2.24) is 0 Å². The third-order valence-electron chi connectivity index (χ3n) is 4.71. The van der Waals surface area contributed by atoms with E-state index in [4.69, 9.17) is 9.36 Å². The van der Waals surface area contributed by atoms with E-state index < -0.39 is 7.37 Å². The van der Waals surface area contributed by atoms with Gasteiger partial charge in [-0.1, -0.05) is 41.6 Å². The molecule has 1 aliphatic rings. The van der Waals surface area contributed by atoms with Crippen LogP contribution >= 0.6 is 7.37 Å². The summed E-state index contributed by atoms with van der Waals surface area (Å²) in [5.41, 5.74) is 3.02. The maximum Gasteiger partial charge on any atom is 0.330 e. The van der Waals surface area contributed by atoms with Crippen molar-refractivity contribution in [2.45, 2.75) is 12.8 Å². The van der Waals surface area contributed by atoms with Crippen LogP contribution in [-0.2, 0) is 15.6 Å². The number of benzene rings is 3. The normalized spacial score (nSPS) is 14.8. The quantitative estimate of drug-likeness (QED) is 0.492. The molecule has 0 unspecified atom stereocenters. The van der Waals surface area contributed by atoms with Crippen LogP contribution in [0.5, 0.6) is 5.75 Å². The summed E-state index contributed by atoms with van der Waals surface area (Å²) in [7, 11) is -1.66. The van der Waals surface area contributed by atoms with E-state index in [9.17, 15) is 4.57 Å². The molecule has 4 nitrogen and oxygen atoms in total. The lowest BCUT2D eigenvalue weighted by Crippen LogP contribution is -2.17. The van der Waals surface area contributed by atoms with Crippen molar-refractivity contribution in [3.05, 3.63) is 90.0 Å². The highest BCUT2D eigenvalue weighted by molar-refractivity contribution is 7.74. The van der Waals surface area contributed by atoms with Gasteiger partial charge >= 0.3 is 7.37 Å². The molecule has 0 spiro atoms. The first-order chi connectivity index (χ1) is 13.2. The smallest absolute Gasteiger partial charge is 0.330 e. The molecule has 3 aromatic carbocycles. The van der Waals surface area contributed by atoms with Gasteiger partial charge in [0.05, 0.1) is 23.4 Å². The van der Waals surface area contributed by atoms with Crippen LogP contribution in [0.2, 0.25) is 0 Å². The van der Waals surface area contributed by atoms with E-state index in [0.717, 1.165) is 29.9 Å². The molecular formula is C22H20NO3P. The van der Waals surface area contributed by atoms with Crippen molar-refractivity contribution in [3.63, 3.8) is 0 Å². The van der Waals surface area contributed by atoms with Crippen LogP contribution in [0.1, 0.15) is 17.5 Å². The number of oxime groups is 1. The van der Waals surface area contributed by atoms with E-state index in [2.05, 4.69) is 5.16 Å². The lowest BCUT2D eigenvalue weighted by atomic mass is 10.1. The van der Waals surface area contributed by atoms with Crippen molar-refractivity contribution in [3.8, 4) is 5.75 Å². The van der Waals surface area contributed by atoms with Crippen LogP contribution < -0.4 is 15.3 Å². The van der Waals surface area contributed by atoms with E-state index in [-0.39, 0.29) is 0 Å². The highest BCUT2D eigenvalue weighted by Crippen LogP contribution is 2.45. The third-order valence-corrected chi connectivity index (χ3v) is 6.98. The Balaban J connectivity index is 1.71. The van der Waals surface area contributed by atoms with Crippen LogP contribution in [0.4, 0.5) is 0 Å². The molecule has 0 heterocycles. The van der Waals surface area contributed by atoms with Gasteiger partial charge in [0.25, 0.3) is 0 Å². The zero-order valence-corrected chi connectivity index (χ0v) is 15.9. The van der Waals surface area contributed by atoms with Crippen molar-refractivity contribution in [2.75, 3.05) is 7.11 Å². The highest BCUT2D eigenvalue weighted by atomic mass is 31.2. The number of aryl methyl sites for hydroxylation is 1. The highest BCUT2D eigenvalue weighted by Gasteiger charge is 2.31. The van der Waals surface area contributed by atoms with E-state index in [1.165, 1.54) is 5.56 Å². The zero-order chi connectivity index (χ0) is 18.7. The molecule has 0 amide bonds. The molecule has 3 aromatic rings. The number of hydrogen-bond donors (Lipinski definition) is 0. The summed E-state index contributed by atoms with van der Waals surface area (Å²) >= 11 is 0. The first kappa shape index (κ1) is 17.6. The van der Waals surface area contributed by atoms with Crippen LogP contribution in [0.25, 0.3) is 0 Å². The summed E-state index contributed by atoms with van der Waals surface area (Å²) in [5.74, 6) is 0.829. The SMILES string of the molecule is COc1ccc2c(c1)CC/C2=N\OP(=O)(c1ccccc1)c1ccccc1. The van der Waals surface area contributed by atoms with Crippen molar-refractivity contribution < 1.29 is 13.9 Å². The molecule has 0 aliphatic heterocycles. The van der Waals surface area contributed by atoms with Gasteiger partial charge in [-0.05, 0) is 60.9 Å². The average molecular weight is 377 g/mol. The summed E-state index contributed by atoms with van der Waals surface area (Å²) in [4.78, 5) is 0. The van der Waals surface area contributed by atoms with Crippen LogP contribution in [-0.4, -0.2) is 12.8 Å². The fraction of sp³-hybridized carbons (Fsp3) is 0.136. The number of ether oxygens (including phenoxy) is 1. The van der Waals surface area contributed by atoms with E-state index in [1.807, 2.05) is 78.9 Å². The molecular weight excluding hydrogens is 357 g/mol. The largest absolute Gasteiger partial charge is 0.497 e. The maximum absolute atomic E-state index is 13.8. The van der Waals surface area contributed by atoms with Gasteiger partial charge in [-0.25, -0.2) is 0 Å². The summed E-state index contributed by atoms with van der Waals surface area (Å²) in [5, 5.41) is 5.62. The first-order valence-electron chi connectivity index (χ1n) is 8.85. The third kappa shape index (κ3) is 3.41. The number of hydrogen-bond acceptors (Lipinski definition) is 4. The van der Waals surface area contributed by atoms with E-state index >= 15 is 0 Å². The number of nitrogens with zero attached hydrogens (tertiary/aromatic N) is 1.